The number of anilines is 1. The van der Waals surface area contributed by atoms with Crippen molar-refractivity contribution in [3.63, 3.8) is 0 Å². The number of benzene rings is 2. The number of sulfonamides is 1. The van der Waals surface area contributed by atoms with Gasteiger partial charge < -0.3 is 5.32 Å². The van der Waals surface area contributed by atoms with Gasteiger partial charge in [-0.15, -0.1) is 0 Å². The smallest absolute Gasteiger partial charge is 0.230 e. The van der Waals surface area contributed by atoms with E-state index in [2.05, 4.69) is 42.9 Å². The van der Waals surface area contributed by atoms with Gasteiger partial charge in [-0.25, -0.2) is 12.8 Å². The molecule has 1 aliphatic carbocycles. The van der Waals surface area contributed by atoms with Crippen LogP contribution in [0.5, 0.6) is 0 Å². The second-order valence-electron chi connectivity index (χ2n) is 8.78. The van der Waals surface area contributed by atoms with Gasteiger partial charge in [-0.2, -0.15) is 0 Å². The standard InChI is InChI=1S/C22H27FN2O3S/c1-21(2,3)16-7-5-15(6-8-16)14-24-20(26)22(11-12-22)17-9-10-19(18(23)13-17)25-29(4,27)28/h5-10,13,25H,11-12,14H2,1-4H3,(H,24,26). The molecule has 0 radical (unpaired) electrons. The van der Waals surface area contributed by atoms with Crippen LogP contribution in [0.2, 0.25) is 0 Å². The second kappa shape index (κ2) is 7.44. The molecule has 0 heterocycles. The summed E-state index contributed by atoms with van der Waals surface area (Å²) in [7, 11) is -3.57. The molecule has 5 nitrogen and oxygen atoms in total. The number of carbonyl (C=O) groups is 1. The average molecular weight is 419 g/mol. The van der Waals surface area contributed by atoms with Crippen molar-refractivity contribution >= 4 is 21.6 Å². The fourth-order valence-corrected chi connectivity index (χ4v) is 3.91. The highest BCUT2D eigenvalue weighted by molar-refractivity contribution is 7.92. The molecular weight excluding hydrogens is 391 g/mol. The van der Waals surface area contributed by atoms with E-state index in [1.165, 1.54) is 17.7 Å². The Hall–Kier alpha value is -2.41. The van der Waals surface area contributed by atoms with Crippen molar-refractivity contribution in [1.29, 1.82) is 0 Å². The molecule has 2 N–H and O–H groups in total. The Balaban J connectivity index is 1.69. The van der Waals surface area contributed by atoms with Gasteiger partial charge in [-0.05, 0) is 47.1 Å². The monoisotopic (exact) mass is 418 g/mol. The van der Waals surface area contributed by atoms with E-state index in [1.54, 1.807) is 6.07 Å². The lowest BCUT2D eigenvalue weighted by molar-refractivity contribution is -0.123. The lowest BCUT2D eigenvalue weighted by Gasteiger charge is -2.20. The van der Waals surface area contributed by atoms with Crippen LogP contribution in [0, 0.1) is 5.82 Å². The van der Waals surface area contributed by atoms with Crippen molar-refractivity contribution in [2.45, 2.75) is 51.0 Å². The number of rotatable bonds is 6. The topological polar surface area (TPSA) is 75.3 Å². The van der Waals surface area contributed by atoms with E-state index < -0.39 is 21.3 Å². The van der Waals surface area contributed by atoms with Gasteiger partial charge >= 0.3 is 0 Å². The third-order valence-electron chi connectivity index (χ3n) is 5.27. The molecule has 0 aliphatic heterocycles. The van der Waals surface area contributed by atoms with Gasteiger partial charge in [0.15, 0.2) is 0 Å². The van der Waals surface area contributed by atoms with Crippen LogP contribution in [0.3, 0.4) is 0 Å². The lowest BCUT2D eigenvalue weighted by Crippen LogP contribution is -2.34. The van der Waals surface area contributed by atoms with Crippen LogP contribution in [0.1, 0.15) is 50.3 Å². The van der Waals surface area contributed by atoms with Crippen molar-refractivity contribution in [2.75, 3.05) is 11.0 Å². The first kappa shape index (κ1) is 21.3. The van der Waals surface area contributed by atoms with E-state index in [0.717, 1.165) is 11.8 Å². The molecule has 0 aromatic heterocycles. The third-order valence-corrected chi connectivity index (χ3v) is 5.87. The first-order chi connectivity index (χ1) is 13.4. The Kier molecular flexibility index (Phi) is 5.47. The zero-order chi connectivity index (χ0) is 21.4. The second-order valence-corrected chi connectivity index (χ2v) is 10.5. The molecule has 0 spiro atoms. The Morgan fingerprint density at radius 2 is 1.72 bits per heavy atom. The highest BCUT2D eigenvalue weighted by Gasteiger charge is 2.51. The molecule has 0 unspecified atom stereocenters. The predicted molar refractivity (Wildman–Crippen MR) is 113 cm³/mol. The van der Waals surface area contributed by atoms with Crippen LogP contribution in [0.4, 0.5) is 10.1 Å². The predicted octanol–water partition coefficient (Wildman–Crippen LogP) is 3.84. The Morgan fingerprint density at radius 3 is 2.21 bits per heavy atom. The maximum absolute atomic E-state index is 14.3. The fraction of sp³-hybridized carbons (Fsp3) is 0.409. The van der Waals surface area contributed by atoms with Crippen LogP contribution in [-0.4, -0.2) is 20.6 Å². The quantitative estimate of drug-likeness (QED) is 0.748. The van der Waals surface area contributed by atoms with Gasteiger partial charge in [0.25, 0.3) is 0 Å². The molecule has 7 heteroatoms. The first-order valence-corrected chi connectivity index (χ1v) is 11.5. The SMILES string of the molecule is CC(C)(C)c1ccc(CNC(=O)C2(c3ccc(NS(C)(=O)=O)c(F)c3)CC2)cc1. The molecule has 2 aromatic carbocycles. The molecule has 0 atom stereocenters. The summed E-state index contributed by atoms with van der Waals surface area (Å²) in [4.78, 5) is 12.8. The summed E-state index contributed by atoms with van der Waals surface area (Å²) in [6.45, 7) is 6.85. The van der Waals surface area contributed by atoms with E-state index in [0.29, 0.717) is 24.9 Å². The summed E-state index contributed by atoms with van der Waals surface area (Å²) < 4.78 is 39.1. The van der Waals surface area contributed by atoms with Crippen LogP contribution in [0.25, 0.3) is 0 Å². The number of halogens is 1. The number of amides is 1. The van der Waals surface area contributed by atoms with Crippen molar-refractivity contribution in [1.82, 2.24) is 5.32 Å². The Morgan fingerprint density at radius 1 is 1.10 bits per heavy atom. The molecular formula is C22H27FN2O3S. The summed E-state index contributed by atoms with van der Waals surface area (Å²) in [6.07, 6.45) is 2.24. The normalized spacial score (nSPS) is 15.6. The molecule has 29 heavy (non-hydrogen) atoms. The summed E-state index contributed by atoms with van der Waals surface area (Å²) in [6, 6.07) is 12.4. The number of carbonyl (C=O) groups excluding carboxylic acids is 1. The van der Waals surface area contributed by atoms with E-state index in [1.807, 2.05) is 12.1 Å². The van der Waals surface area contributed by atoms with Crippen LogP contribution in [0.15, 0.2) is 42.5 Å². The molecule has 1 saturated carbocycles. The molecule has 0 saturated heterocycles. The summed E-state index contributed by atoms with van der Waals surface area (Å²) in [5.74, 6) is -0.828. The van der Waals surface area contributed by atoms with Crippen molar-refractivity contribution in [3.05, 3.63) is 65.0 Å². The van der Waals surface area contributed by atoms with Crippen molar-refractivity contribution < 1.29 is 17.6 Å². The zero-order valence-corrected chi connectivity index (χ0v) is 18.0. The minimum absolute atomic E-state index is 0.0715. The molecule has 156 valence electrons. The van der Waals surface area contributed by atoms with Crippen LogP contribution in [-0.2, 0) is 32.2 Å². The minimum atomic E-state index is -3.57. The largest absolute Gasteiger partial charge is 0.351 e. The molecule has 2 aromatic rings. The van der Waals surface area contributed by atoms with Gasteiger partial charge in [-0.3, -0.25) is 9.52 Å². The Bertz CT molecular complexity index is 1020. The highest BCUT2D eigenvalue weighted by Crippen LogP contribution is 2.49. The van der Waals surface area contributed by atoms with Crippen LogP contribution >= 0.6 is 0 Å². The summed E-state index contributed by atoms with van der Waals surface area (Å²) in [5, 5.41) is 2.96. The Labute approximate surface area is 171 Å². The fourth-order valence-electron chi connectivity index (χ4n) is 3.34. The van der Waals surface area contributed by atoms with E-state index in [9.17, 15) is 17.6 Å². The molecule has 1 fully saturated rings. The van der Waals surface area contributed by atoms with Gasteiger partial charge in [-0.1, -0.05) is 51.1 Å². The molecule has 1 aliphatic rings. The van der Waals surface area contributed by atoms with Crippen molar-refractivity contribution in [3.8, 4) is 0 Å². The third kappa shape index (κ3) is 4.96. The van der Waals surface area contributed by atoms with Gasteiger partial charge in [0.1, 0.15) is 5.82 Å². The minimum Gasteiger partial charge on any atom is -0.351 e. The maximum Gasteiger partial charge on any atom is 0.230 e. The number of hydrogen-bond donors (Lipinski definition) is 2. The maximum atomic E-state index is 14.3. The van der Waals surface area contributed by atoms with E-state index >= 15 is 0 Å². The number of hydrogen-bond acceptors (Lipinski definition) is 3. The molecule has 3 rings (SSSR count). The van der Waals surface area contributed by atoms with E-state index in [-0.39, 0.29) is 17.0 Å². The first-order valence-electron chi connectivity index (χ1n) is 9.56. The van der Waals surface area contributed by atoms with E-state index in [4.69, 9.17) is 0 Å². The summed E-state index contributed by atoms with van der Waals surface area (Å²) in [5.41, 5.74) is 2.00. The van der Waals surface area contributed by atoms with Gasteiger partial charge in [0.2, 0.25) is 15.9 Å². The zero-order valence-electron chi connectivity index (χ0n) is 17.2. The number of nitrogens with one attached hydrogen (secondary N) is 2. The lowest BCUT2D eigenvalue weighted by atomic mass is 9.87. The average Bonchev–Trinajstić information content (AvgIpc) is 3.42. The molecule has 1 amide bonds. The molecule has 0 bridgehead atoms. The van der Waals surface area contributed by atoms with Crippen molar-refractivity contribution in [2.24, 2.45) is 0 Å². The van der Waals surface area contributed by atoms with Gasteiger partial charge in [0, 0.05) is 6.54 Å². The van der Waals surface area contributed by atoms with Crippen LogP contribution < -0.4 is 10.0 Å². The van der Waals surface area contributed by atoms with Gasteiger partial charge in [0.05, 0.1) is 17.4 Å². The highest BCUT2D eigenvalue weighted by atomic mass is 32.2. The summed E-state index contributed by atoms with van der Waals surface area (Å²) >= 11 is 0.